The molecular formula is C26H23N5O. The molecule has 0 saturated carbocycles. The van der Waals surface area contributed by atoms with E-state index >= 15 is 0 Å². The maximum absolute atomic E-state index is 13.1. The summed E-state index contributed by atoms with van der Waals surface area (Å²) in [4.78, 5) is 14.8. The van der Waals surface area contributed by atoms with Crippen molar-refractivity contribution < 1.29 is 4.79 Å². The van der Waals surface area contributed by atoms with Gasteiger partial charge in [-0.15, -0.1) is 10.2 Å². The molecule has 0 atom stereocenters. The van der Waals surface area contributed by atoms with Gasteiger partial charge in [0.05, 0.1) is 12.2 Å². The van der Waals surface area contributed by atoms with Gasteiger partial charge in [0.1, 0.15) is 0 Å². The Morgan fingerprint density at radius 3 is 2.16 bits per heavy atom. The molecule has 158 valence electrons. The van der Waals surface area contributed by atoms with Crippen LogP contribution in [0.1, 0.15) is 19.7 Å². The number of nitrogens with zero attached hydrogens (tertiary/aromatic N) is 5. The van der Waals surface area contributed by atoms with Crippen molar-refractivity contribution in [3.05, 3.63) is 90.8 Å². The van der Waals surface area contributed by atoms with E-state index in [9.17, 15) is 4.79 Å². The molecule has 0 spiro atoms. The van der Waals surface area contributed by atoms with E-state index in [1.807, 2.05) is 92.7 Å². The van der Waals surface area contributed by atoms with Crippen molar-refractivity contribution in [2.75, 3.05) is 4.90 Å². The van der Waals surface area contributed by atoms with E-state index in [0.717, 1.165) is 27.7 Å². The Morgan fingerprint density at radius 2 is 1.47 bits per heavy atom. The molecule has 3 aromatic carbocycles. The highest BCUT2D eigenvalue weighted by Gasteiger charge is 2.23. The highest BCUT2D eigenvalue weighted by atomic mass is 16.2. The molecule has 32 heavy (non-hydrogen) atoms. The maximum atomic E-state index is 13.1. The number of hydrogen-bond acceptors (Lipinski definition) is 4. The Balaban J connectivity index is 1.68. The number of amides is 1. The van der Waals surface area contributed by atoms with Crippen LogP contribution in [0.5, 0.6) is 0 Å². The fourth-order valence-corrected chi connectivity index (χ4v) is 3.89. The third-order valence-electron chi connectivity index (χ3n) is 5.50. The normalized spacial score (nSPS) is 11.3. The lowest BCUT2D eigenvalue weighted by Crippen LogP contribution is -2.34. The fourth-order valence-electron chi connectivity index (χ4n) is 3.89. The van der Waals surface area contributed by atoms with Crippen LogP contribution in [0.2, 0.25) is 0 Å². The predicted molar refractivity (Wildman–Crippen MR) is 126 cm³/mol. The molecule has 0 saturated heterocycles. The molecule has 0 bridgehead atoms. The summed E-state index contributed by atoms with van der Waals surface area (Å²) < 4.78 is 1.77. The Hall–Kier alpha value is -4.06. The summed E-state index contributed by atoms with van der Waals surface area (Å²) in [5.74, 6) is 0.487. The first-order valence-electron chi connectivity index (χ1n) is 10.7. The standard InChI is InChI=1S/C26H23N5O/c1-18(2)26(32)30(20-13-7-4-8-14-20)17-23-27-28-25-22-16-10-9-15-21(22)24(29-31(23)25)19-11-5-3-6-12-19/h3-16,18H,17H2,1-2H3. The Morgan fingerprint density at radius 1 is 0.844 bits per heavy atom. The van der Waals surface area contributed by atoms with E-state index in [2.05, 4.69) is 16.3 Å². The lowest BCUT2D eigenvalue weighted by atomic mass is 10.1. The van der Waals surface area contributed by atoms with Gasteiger partial charge in [-0.3, -0.25) is 4.79 Å². The molecule has 6 nitrogen and oxygen atoms in total. The van der Waals surface area contributed by atoms with Gasteiger partial charge in [0, 0.05) is 27.9 Å². The van der Waals surface area contributed by atoms with Gasteiger partial charge in [-0.1, -0.05) is 86.6 Å². The summed E-state index contributed by atoms with van der Waals surface area (Å²) in [6.45, 7) is 4.08. The van der Waals surface area contributed by atoms with Gasteiger partial charge in [-0.05, 0) is 12.1 Å². The average molecular weight is 422 g/mol. The second kappa shape index (κ2) is 8.23. The van der Waals surface area contributed by atoms with Gasteiger partial charge in [0.15, 0.2) is 11.5 Å². The molecule has 2 aromatic heterocycles. The summed E-state index contributed by atoms with van der Waals surface area (Å²) >= 11 is 0. The van der Waals surface area contributed by atoms with Crippen LogP contribution in [-0.2, 0) is 11.3 Å². The second-order valence-corrected chi connectivity index (χ2v) is 8.03. The summed E-state index contributed by atoms with van der Waals surface area (Å²) in [6, 6.07) is 27.8. The fraction of sp³-hybridized carbons (Fsp3) is 0.154. The number of para-hydroxylation sites is 1. The van der Waals surface area contributed by atoms with Crippen LogP contribution in [0.3, 0.4) is 0 Å². The summed E-state index contributed by atoms with van der Waals surface area (Å²) in [5, 5.41) is 15.8. The van der Waals surface area contributed by atoms with Crippen LogP contribution in [0.15, 0.2) is 84.9 Å². The van der Waals surface area contributed by atoms with Crippen molar-refractivity contribution >= 4 is 28.0 Å². The summed E-state index contributed by atoms with van der Waals surface area (Å²) in [7, 11) is 0. The molecule has 5 aromatic rings. The van der Waals surface area contributed by atoms with E-state index in [1.54, 1.807) is 9.42 Å². The number of rotatable bonds is 5. The minimum atomic E-state index is -0.150. The number of fused-ring (bicyclic) bond motifs is 3. The van der Waals surface area contributed by atoms with Gasteiger partial charge in [0.25, 0.3) is 0 Å². The highest BCUT2D eigenvalue weighted by molar-refractivity contribution is 6.01. The first-order chi connectivity index (χ1) is 15.6. The van der Waals surface area contributed by atoms with Gasteiger partial charge < -0.3 is 4.90 Å². The van der Waals surface area contributed by atoms with Crippen molar-refractivity contribution in [1.82, 2.24) is 19.8 Å². The van der Waals surface area contributed by atoms with Crippen LogP contribution >= 0.6 is 0 Å². The first-order valence-corrected chi connectivity index (χ1v) is 10.7. The predicted octanol–water partition coefficient (Wildman–Crippen LogP) is 5.13. The summed E-state index contributed by atoms with van der Waals surface area (Å²) in [5.41, 5.74) is 3.38. The number of benzene rings is 3. The molecule has 0 unspecified atom stereocenters. The highest BCUT2D eigenvalue weighted by Crippen LogP contribution is 2.29. The van der Waals surface area contributed by atoms with Crippen LogP contribution in [-0.4, -0.2) is 25.7 Å². The molecule has 0 aliphatic rings. The van der Waals surface area contributed by atoms with Gasteiger partial charge >= 0.3 is 0 Å². The number of anilines is 1. The van der Waals surface area contributed by atoms with E-state index < -0.39 is 0 Å². The summed E-state index contributed by atoms with van der Waals surface area (Å²) in [6.07, 6.45) is 0. The molecule has 0 aliphatic heterocycles. The van der Waals surface area contributed by atoms with E-state index in [-0.39, 0.29) is 18.4 Å². The quantitative estimate of drug-likeness (QED) is 0.394. The molecule has 2 heterocycles. The third-order valence-corrected chi connectivity index (χ3v) is 5.50. The number of hydrogen-bond donors (Lipinski definition) is 0. The second-order valence-electron chi connectivity index (χ2n) is 8.03. The van der Waals surface area contributed by atoms with Crippen LogP contribution < -0.4 is 4.90 Å². The number of aromatic nitrogens is 4. The van der Waals surface area contributed by atoms with Crippen molar-refractivity contribution in [1.29, 1.82) is 0 Å². The Labute approximate surface area is 186 Å². The minimum Gasteiger partial charge on any atom is -0.304 e. The lowest BCUT2D eigenvalue weighted by molar-refractivity contribution is -0.121. The number of carbonyl (C=O) groups is 1. The largest absolute Gasteiger partial charge is 0.304 e. The Bertz CT molecular complexity index is 1390. The molecule has 0 fully saturated rings. The molecule has 5 rings (SSSR count). The van der Waals surface area contributed by atoms with Crippen LogP contribution in [0.4, 0.5) is 5.69 Å². The minimum absolute atomic E-state index is 0.0250. The number of carbonyl (C=O) groups excluding carboxylic acids is 1. The topological polar surface area (TPSA) is 63.4 Å². The van der Waals surface area contributed by atoms with Gasteiger partial charge in [0.2, 0.25) is 5.91 Å². The van der Waals surface area contributed by atoms with E-state index in [1.165, 1.54) is 0 Å². The monoisotopic (exact) mass is 421 g/mol. The average Bonchev–Trinajstić information content (AvgIpc) is 3.25. The molecule has 0 N–H and O–H groups in total. The molecule has 1 amide bonds. The molecular weight excluding hydrogens is 398 g/mol. The van der Waals surface area contributed by atoms with E-state index in [4.69, 9.17) is 5.10 Å². The van der Waals surface area contributed by atoms with Crippen LogP contribution in [0, 0.1) is 5.92 Å². The molecule has 0 aliphatic carbocycles. The van der Waals surface area contributed by atoms with Crippen molar-refractivity contribution in [3.8, 4) is 11.3 Å². The van der Waals surface area contributed by atoms with Crippen molar-refractivity contribution in [2.24, 2.45) is 5.92 Å². The van der Waals surface area contributed by atoms with Gasteiger partial charge in [-0.2, -0.15) is 9.61 Å². The third kappa shape index (κ3) is 3.50. The molecule has 0 radical (unpaired) electrons. The zero-order valence-electron chi connectivity index (χ0n) is 18.0. The SMILES string of the molecule is CC(C)C(=O)N(Cc1nnc2c3ccccc3c(-c3ccccc3)nn12)c1ccccc1. The van der Waals surface area contributed by atoms with Crippen molar-refractivity contribution in [2.45, 2.75) is 20.4 Å². The molecule has 6 heteroatoms. The maximum Gasteiger partial charge on any atom is 0.229 e. The van der Waals surface area contributed by atoms with Gasteiger partial charge in [-0.25, -0.2) is 0 Å². The zero-order valence-corrected chi connectivity index (χ0v) is 18.0. The smallest absolute Gasteiger partial charge is 0.229 e. The van der Waals surface area contributed by atoms with E-state index in [0.29, 0.717) is 11.5 Å². The first kappa shape index (κ1) is 19.9. The van der Waals surface area contributed by atoms with Crippen molar-refractivity contribution in [3.63, 3.8) is 0 Å². The Kier molecular flexibility index (Phi) is 5.11. The van der Waals surface area contributed by atoms with Crippen LogP contribution in [0.25, 0.3) is 27.7 Å². The zero-order chi connectivity index (χ0) is 22.1. The lowest BCUT2D eigenvalue weighted by Gasteiger charge is -2.23.